The van der Waals surface area contributed by atoms with Gasteiger partial charge in [0, 0.05) is 12.5 Å². The molecule has 2 rings (SSSR count). The van der Waals surface area contributed by atoms with Gasteiger partial charge in [0.05, 0.1) is 12.7 Å². The average Bonchev–Trinajstić information content (AvgIpc) is 2.56. The second-order valence-electron chi connectivity index (χ2n) is 5.61. The molecule has 0 aromatic heterocycles. The fourth-order valence-electron chi connectivity index (χ4n) is 2.65. The van der Waals surface area contributed by atoms with Crippen molar-refractivity contribution in [3.8, 4) is 0 Å². The summed E-state index contributed by atoms with van der Waals surface area (Å²) >= 11 is 0. The Labute approximate surface area is 149 Å². The monoisotopic (exact) mass is 418 g/mol. The Kier molecular flexibility index (Phi) is 5.78. The summed E-state index contributed by atoms with van der Waals surface area (Å²) in [7, 11) is -5.20. The highest BCUT2D eigenvalue weighted by Crippen LogP contribution is 2.41. The first-order valence-electron chi connectivity index (χ1n) is 7.33. The van der Waals surface area contributed by atoms with Gasteiger partial charge in [-0.2, -0.15) is 21.6 Å². The van der Waals surface area contributed by atoms with Crippen LogP contribution in [0, 0.1) is 17.5 Å². The predicted molar refractivity (Wildman–Crippen MR) is 78.0 cm³/mol. The Morgan fingerprint density at radius 3 is 2.37 bits per heavy atom. The van der Waals surface area contributed by atoms with Crippen molar-refractivity contribution in [2.24, 2.45) is 0 Å². The van der Waals surface area contributed by atoms with Crippen LogP contribution in [-0.4, -0.2) is 27.0 Å². The number of alkyl halides is 3. The molecule has 0 N–H and O–H groups in total. The summed E-state index contributed by atoms with van der Waals surface area (Å²) < 4.78 is 109. The zero-order chi connectivity index (χ0) is 20.6. The van der Waals surface area contributed by atoms with Crippen molar-refractivity contribution in [3.63, 3.8) is 0 Å². The lowest BCUT2D eigenvalue weighted by Crippen LogP contribution is -2.28. The maximum atomic E-state index is 14.0. The second kappa shape index (κ2) is 7.41. The van der Waals surface area contributed by atoms with Gasteiger partial charge >= 0.3 is 21.6 Å². The molecule has 0 fully saturated rings. The van der Waals surface area contributed by atoms with Crippen LogP contribution >= 0.6 is 0 Å². The zero-order valence-electron chi connectivity index (χ0n) is 13.6. The number of halogens is 6. The lowest BCUT2D eigenvalue weighted by molar-refractivity contribution is -0.136. The lowest BCUT2D eigenvalue weighted by atomic mass is 9.83. The van der Waals surface area contributed by atoms with Gasteiger partial charge in [-0.3, -0.25) is 0 Å². The maximum absolute atomic E-state index is 14.0. The van der Waals surface area contributed by atoms with Crippen molar-refractivity contribution in [1.82, 2.24) is 0 Å². The van der Waals surface area contributed by atoms with Crippen molar-refractivity contribution in [2.75, 3.05) is 7.11 Å². The molecule has 150 valence electrons. The molecule has 1 aromatic rings. The fourth-order valence-corrected chi connectivity index (χ4v) is 3.18. The minimum absolute atomic E-state index is 0.108. The van der Waals surface area contributed by atoms with Crippen LogP contribution in [0.5, 0.6) is 0 Å². The van der Waals surface area contributed by atoms with E-state index in [1.54, 1.807) is 0 Å². The SMILES string of the molecule is COC(=O)C1=C(OS(=O)(=O)C(F)(F)F)CC(c2cc(F)cc(F)c2F)CC1. The largest absolute Gasteiger partial charge is 0.534 e. The number of carbonyl (C=O) groups is 1. The van der Waals surface area contributed by atoms with Crippen molar-refractivity contribution in [3.05, 3.63) is 46.5 Å². The van der Waals surface area contributed by atoms with Gasteiger partial charge in [0.2, 0.25) is 0 Å². The molecule has 0 aliphatic heterocycles. The van der Waals surface area contributed by atoms with Crippen LogP contribution in [0.4, 0.5) is 26.3 Å². The number of hydrogen-bond donors (Lipinski definition) is 0. The molecule has 1 unspecified atom stereocenters. The smallest absolute Gasteiger partial charge is 0.466 e. The number of hydrogen-bond acceptors (Lipinski definition) is 5. The first kappa shape index (κ1) is 21.1. The van der Waals surface area contributed by atoms with Crippen LogP contribution < -0.4 is 0 Å². The molecule has 1 aromatic carbocycles. The van der Waals surface area contributed by atoms with Crippen molar-refractivity contribution in [2.45, 2.75) is 30.7 Å². The van der Waals surface area contributed by atoms with Crippen LogP contribution in [-0.2, 0) is 23.8 Å². The summed E-state index contributed by atoms with van der Waals surface area (Å²) in [6, 6.07) is 0.922. The van der Waals surface area contributed by atoms with Gasteiger partial charge in [-0.1, -0.05) is 0 Å². The molecule has 1 atom stereocenters. The number of methoxy groups -OCH3 is 1. The number of rotatable bonds is 4. The molecule has 1 aliphatic carbocycles. The Bertz CT molecular complexity index is 891. The van der Waals surface area contributed by atoms with E-state index in [1.165, 1.54) is 0 Å². The van der Waals surface area contributed by atoms with E-state index in [1.807, 2.05) is 0 Å². The second-order valence-corrected chi connectivity index (χ2v) is 7.14. The molecular weight excluding hydrogens is 406 g/mol. The van der Waals surface area contributed by atoms with Gasteiger partial charge in [0.15, 0.2) is 11.6 Å². The first-order valence-corrected chi connectivity index (χ1v) is 8.73. The van der Waals surface area contributed by atoms with E-state index in [0.29, 0.717) is 6.07 Å². The van der Waals surface area contributed by atoms with Crippen molar-refractivity contribution in [1.29, 1.82) is 0 Å². The third-order valence-electron chi connectivity index (χ3n) is 3.90. The summed E-state index contributed by atoms with van der Waals surface area (Å²) in [4.78, 5) is 11.7. The minimum Gasteiger partial charge on any atom is -0.466 e. The number of benzene rings is 1. The molecule has 5 nitrogen and oxygen atoms in total. The summed E-state index contributed by atoms with van der Waals surface area (Å²) in [5.41, 5.74) is -6.77. The molecule has 1 aliphatic rings. The van der Waals surface area contributed by atoms with E-state index >= 15 is 0 Å². The molecule has 0 heterocycles. The van der Waals surface area contributed by atoms with E-state index in [0.717, 1.165) is 7.11 Å². The van der Waals surface area contributed by atoms with Gasteiger partial charge in [-0.25, -0.2) is 18.0 Å². The maximum Gasteiger partial charge on any atom is 0.534 e. The van der Waals surface area contributed by atoms with Crippen LogP contribution in [0.3, 0.4) is 0 Å². The molecule has 0 bridgehead atoms. The Balaban J connectivity index is 2.47. The fraction of sp³-hybridized carbons (Fsp3) is 0.400. The molecule has 0 spiro atoms. The number of allylic oxidation sites excluding steroid dienone is 1. The van der Waals surface area contributed by atoms with Crippen LogP contribution in [0.1, 0.15) is 30.7 Å². The molecule has 27 heavy (non-hydrogen) atoms. The van der Waals surface area contributed by atoms with E-state index in [-0.39, 0.29) is 18.9 Å². The van der Waals surface area contributed by atoms with Gasteiger partial charge in [0.25, 0.3) is 0 Å². The third kappa shape index (κ3) is 4.37. The quantitative estimate of drug-likeness (QED) is 0.245. The van der Waals surface area contributed by atoms with E-state index in [9.17, 15) is 39.6 Å². The summed E-state index contributed by atoms with van der Waals surface area (Å²) in [6.45, 7) is 0. The number of esters is 1. The molecule has 12 heteroatoms. The predicted octanol–water partition coefficient (Wildman–Crippen LogP) is 3.66. The third-order valence-corrected chi connectivity index (χ3v) is 4.89. The zero-order valence-corrected chi connectivity index (χ0v) is 14.4. The summed E-state index contributed by atoms with van der Waals surface area (Å²) in [5, 5.41) is 0. The Morgan fingerprint density at radius 1 is 1.19 bits per heavy atom. The highest BCUT2D eigenvalue weighted by atomic mass is 32.2. The molecular formula is C15H12F6O5S. The summed E-state index contributed by atoms with van der Waals surface area (Å²) in [6.07, 6.45) is -1.17. The van der Waals surface area contributed by atoms with E-state index in [2.05, 4.69) is 8.92 Å². The number of carbonyl (C=O) groups excluding carboxylic acids is 1. The van der Waals surface area contributed by atoms with Crippen molar-refractivity contribution >= 4 is 16.1 Å². The Morgan fingerprint density at radius 2 is 1.81 bits per heavy atom. The average molecular weight is 418 g/mol. The Hall–Kier alpha value is -2.24. The molecule has 0 saturated heterocycles. The molecule has 0 saturated carbocycles. The first-order chi connectivity index (χ1) is 12.4. The standard InChI is InChI=1S/C15H12F6O5S/c1-25-14(22)9-3-2-7(10-5-8(16)6-11(17)13(10)18)4-12(9)26-27(23,24)15(19,20)21/h5-7H,2-4H2,1H3. The van der Waals surface area contributed by atoms with Crippen LogP contribution in [0.25, 0.3) is 0 Å². The van der Waals surface area contributed by atoms with Gasteiger partial charge < -0.3 is 8.92 Å². The van der Waals surface area contributed by atoms with Crippen LogP contribution in [0.2, 0.25) is 0 Å². The van der Waals surface area contributed by atoms with Gasteiger partial charge in [-0.15, -0.1) is 0 Å². The number of ether oxygens (including phenoxy) is 1. The highest BCUT2D eigenvalue weighted by molar-refractivity contribution is 7.87. The normalized spacial score (nSPS) is 18.4. The minimum atomic E-state index is -6.11. The lowest BCUT2D eigenvalue weighted by Gasteiger charge is -2.26. The van der Waals surface area contributed by atoms with Gasteiger partial charge in [-0.05, 0) is 30.4 Å². The van der Waals surface area contributed by atoms with Crippen molar-refractivity contribution < 1.29 is 48.5 Å². The topological polar surface area (TPSA) is 69.7 Å². The summed E-state index contributed by atoms with van der Waals surface area (Å²) in [5.74, 6) is -7.25. The van der Waals surface area contributed by atoms with Gasteiger partial charge in [0.1, 0.15) is 11.6 Å². The van der Waals surface area contributed by atoms with Crippen LogP contribution in [0.15, 0.2) is 23.5 Å². The molecule has 0 radical (unpaired) electrons. The molecule has 0 amide bonds. The van der Waals surface area contributed by atoms with E-state index in [4.69, 9.17) is 0 Å². The highest BCUT2D eigenvalue weighted by Gasteiger charge is 2.49. The van der Waals surface area contributed by atoms with E-state index < -0.39 is 68.3 Å².